The Kier molecular flexibility index (Phi) is 7.51. The Hall–Kier alpha value is -2.22. The molecule has 1 unspecified atom stereocenters. The third-order valence-electron chi connectivity index (χ3n) is 4.75. The number of benzene rings is 2. The second-order valence-corrected chi connectivity index (χ2v) is 9.40. The van der Waals surface area contributed by atoms with Crippen molar-refractivity contribution in [3.05, 3.63) is 57.8 Å². The molecule has 0 saturated carbocycles. The number of carbonyl (C=O) groups is 1. The first-order valence-electron chi connectivity index (χ1n) is 9.09. The Morgan fingerprint density at radius 3 is 2.68 bits per heavy atom. The van der Waals surface area contributed by atoms with Gasteiger partial charge in [-0.15, -0.1) is 0 Å². The van der Waals surface area contributed by atoms with Gasteiger partial charge in [-0.05, 0) is 30.3 Å². The van der Waals surface area contributed by atoms with Crippen molar-refractivity contribution in [2.75, 3.05) is 32.8 Å². The first-order chi connectivity index (χ1) is 14.8. The van der Waals surface area contributed by atoms with Gasteiger partial charge in [0.25, 0.3) is 0 Å². The van der Waals surface area contributed by atoms with Gasteiger partial charge in [-0.25, -0.2) is 12.9 Å². The van der Waals surface area contributed by atoms with Gasteiger partial charge in [-0.2, -0.15) is 5.26 Å². The van der Waals surface area contributed by atoms with Crippen LogP contribution >= 0.6 is 23.2 Å². The molecule has 0 bridgehead atoms. The molecule has 0 aliphatic carbocycles. The number of nitrogens with zero attached hydrogens (tertiary/aromatic N) is 2. The molecule has 2 aromatic carbocycles. The van der Waals surface area contributed by atoms with E-state index in [-0.39, 0.29) is 29.5 Å². The molecule has 1 fully saturated rings. The van der Waals surface area contributed by atoms with Crippen LogP contribution in [0.3, 0.4) is 0 Å². The monoisotopic (exact) mass is 485 g/mol. The molecular formula is C20H18Cl2FN3O4S. The zero-order chi connectivity index (χ0) is 22.6. The van der Waals surface area contributed by atoms with Crippen molar-refractivity contribution in [2.45, 2.75) is 4.90 Å². The van der Waals surface area contributed by atoms with Gasteiger partial charge >= 0.3 is 0 Å². The molecule has 31 heavy (non-hydrogen) atoms. The highest BCUT2D eigenvalue weighted by molar-refractivity contribution is 7.82. The summed E-state index contributed by atoms with van der Waals surface area (Å²) in [6, 6.07) is 10.3. The van der Waals surface area contributed by atoms with Gasteiger partial charge in [0.05, 0.1) is 22.1 Å². The smallest absolute Gasteiger partial charge is 0.245 e. The number of ether oxygens (including phenoxy) is 1. The lowest BCUT2D eigenvalue weighted by atomic mass is 9.82. The molecule has 2 aromatic rings. The molecule has 0 aromatic heterocycles. The van der Waals surface area contributed by atoms with E-state index in [0.29, 0.717) is 23.0 Å². The summed E-state index contributed by atoms with van der Waals surface area (Å²) in [7, 11) is -1.55. The summed E-state index contributed by atoms with van der Waals surface area (Å²) in [4.78, 5) is 11.9. The fourth-order valence-corrected chi connectivity index (χ4v) is 5.16. The van der Waals surface area contributed by atoms with Crippen molar-refractivity contribution in [1.82, 2.24) is 9.62 Å². The van der Waals surface area contributed by atoms with Crippen molar-refractivity contribution >= 4 is 40.1 Å². The fourth-order valence-electron chi connectivity index (χ4n) is 3.08. The highest BCUT2D eigenvalue weighted by Gasteiger charge is 2.47. The molecule has 1 saturated heterocycles. The van der Waals surface area contributed by atoms with E-state index in [0.717, 1.165) is 6.07 Å². The topological polar surface area (TPSA) is 103 Å². The van der Waals surface area contributed by atoms with Crippen LogP contribution in [0.25, 0.3) is 0 Å². The maximum absolute atomic E-state index is 13.8. The van der Waals surface area contributed by atoms with E-state index in [4.69, 9.17) is 38.3 Å². The lowest BCUT2D eigenvalue weighted by molar-refractivity contribution is -0.125. The minimum atomic E-state index is -1.55. The van der Waals surface area contributed by atoms with Crippen LogP contribution < -0.4 is 10.1 Å². The van der Waals surface area contributed by atoms with Gasteiger partial charge in [0, 0.05) is 36.1 Å². The molecule has 164 valence electrons. The molecule has 7 nitrogen and oxygen atoms in total. The Morgan fingerprint density at radius 1 is 1.32 bits per heavy atom. The van der Waals surface area contributed by atoms with E-state index in [9.17, 15) is 13.4 Å². The number of amides is 1. The first kappa shape index (κ1) is 23.4. The molecule has 0 radical (unpaired) electrons. The summed E-state index contributed by atoms with van der Waals surface area (Å²) in [6.07, 6.45) is 0. The maximum Gasteiger partial charge on any atom is 0.245 e. The largest absolute Gasteiger partial charge is 0.493 e. The summed E-state index contributed by atoms with van der Waals surface area (Å²) >= 11 is 12.0. The molecule has 2 N–H and O–H groups in total. The lowest BCUT2D eigenvalue weighted by Gasteiger charge is -2.48. The average Bonchev–Trinajstić information content (AvgIpc) is 2.72. The van der Waals surface area contributed by atoms with Crippen molar-refractivity contribution in [2.24, 2.45) is 5.41 Å². The molecule has 1 aliphatic rings. The number of aliphatic hydroxyl groups is 1. The number of nitriles is 1. The number of halogens is 3. The Balaban J connectivity index is 1.70. The van der Waals surface area contributed by atoms with Crippen LogP contribution in [0.2, 0.25) is 10.0 Å². The van der Waals surface area contributed by atoms with E-state index in [1.165, 1.54) is 18.2 Å². The van der Waals surface area contributed by atoms with Crippen LogP contribution in [0.15, 0.2) is 41.3 Å². The van der Waals surface area contributed by atoms with E-state index in [1.54, 1.807) is 22.5 Å². The maximum atomic E-state index is 13.8. The Bertz CT molecular complexity index is 1060. The van der Waals surface area contributed by atoms with Gasteiger partial charge < -0.3 is 15.2 Å². The zero-order valence-corrected chi connectivity index (χ0v) is 18.4. The molecule has 11 heteroatoms. The normalized spacial score (nSPS) is 16.1. The predicted octanol–water partition coefficient (Wildman–Crippen LogP) is 2.52. The van der Waals surface area contributed by atoms with Gasteiger partial charge in [-0.1, -0.05) is 23.2 Å². The molecule has 1 heterocycles. The number of aliphatic hydroxyl groups excluding tert-OH is 1. The Labute approximate surface area is 190 Å². The summed E-state index contributed by atoms with van der Waals surface area (Å²) in [5.74, 6) is -1.02. The van der Waals surface area contributed by atoms with E-state index in [1.807, 2.05) is 0 Å². The quantitative estimate of drug-likeness (QED) is 0.597. The Morgan fingerprint density at radius 2 is 2.06 bits per heavy atom. The van der Waals surface area contributed by atoms with E-state index >= 15 is 0 Å². The highest BCUT2D eigenvalue weighted by Crippen LogP contribution is 2.36. The van der Waals surface area contributed by atoms with Gasteiger partial charge in [0.1, 0.15) is 35.2 Å². The minimum absolute atomic E-state index is 0.0894. The number of rotatable bonds is 8. The third-order valence-corrected chi connectivity index (χ3v) is 6.87. The van der Waals surface area contributed by atoms with Crippen molar-refractivity contribution < 1.29 is 23.2 Å². The SMILES string of the molecule is N#Cc1ccc(OCC2(CNC(=O)CO)CN(S(=O)c3ccc(Cl)cc3Cl)C2)cc1F. The summed E-state index contributed by atoms with van der Waals surface area (Å²) in [5, 5.41) is 21.1. The van der Waals surface area contributed by atoms with Crippen LogP contribution in [0.4, 0.5) is 4.39 Å². The third kappa shape index (κ3) is 5.53. The molecule has 0 spiro atoms. The van der Waals surface area contributed by atoms with Crippen LogP contribution in [0.5, 0.6) is 5.75 Å². The number of hydrogen-bond acceptors (Lipinski definition) is 5. The van der Waals surface area contributed by atoms with Gasteiger partial charge in [-0.3, -0.25) is 4.79 Å². The highest BCUT2D eigenvalue weighted by atomic mass is 35.5. The second-order valence-electron chi connectivity index (χ2n) is 7.10. The van der Waals surface area contributed by atoms with E-state index in [2.05, 4.69) is 5.32 Å². The van der Waals surface area contributed by atoms with Gasteiger partial charge in [0.15, 0.2) is 0 Å². The van der Waals surface area contributed by atoms with Crippen LogP contribution in [-0.2, 0) is 15.8 Å². The fraction of sp³-hybridized carbons (Fsp3) is 0.300. The summed E-state index contributed by atoms with van der Waals surface area (Å²) in [6.45, 7) is 0.180. The molecular weight excluding hydrogens is 468 g/mol. The average molecular weight is 486 g/mol. The molecule has 1 aliphatic heterocycles. The molecule has 1 atom stereocenters. The van der Waals surface area contributed by atoms with Crippen molar-refractivity contribution in [1.29, 1.82) is 5.26 Å². The van der Waals surface area contributed by atoms with Crippen molar-refractivity contribution in [3.63, 3.8) is 0 Å². The van der Waals surface area contributed by atoms with Crippen LogP contribution in [0.1, 0.15) is 5.56 Å². The van der Waals surface area contributed by atoms with E-state index < -0.39 is 34.7 Å². The summed E-state index contributed by atoms with van der Waals surface area (Å²) < 4.78 is 34.1. The van der Waals surface area contributed by atoms with Crippen LogP contribution in [0, 0.1) is 22.6 Å². The minimum Gasteiger partial charge on any atom is -0.493 e. The number of hydrogen-bond donors (Lipinski definition) is 2. The van der Waals surface area contributed by atoms with Gasteiger partial charge in [0.2, 0.25) is 5.91 Å². The summed E-state index contributed by atoms with van der Waals surface area (Å²) in [5.41, 5.74) is -0.716. The number of nitrogens with one attached hydrogen (secondary N) is 1. The lowest BCUT2D eigenvalue weighted by Crippen LogP contribution is -2.63. The first-order valence-corrected chi connectivity index (χ1v) is 10.9. The zero-order valence-electron chi connectivity index (χ0n) is 16.1. The number of carbonyl (C=O) groups excluding carboxylic acids is 1. The standard InChI is InChI=1S/C20H18Cl2FN3O4S/c21-14-2-4-18(16(22)5-14)31(29)26-10-20(11-26,9-25-19(28)8-27)12-30-15-3-1-13(7-24)17(23)6-15/h1-6,27H,8-12H2,(H,25,28). The van der Waals surface area contributed by atoms with Crippen LogP contribution in [-0.4, -0.2) is 52.4 Å². The van der Waals surface area contributed by atoms with Crippen molar-refractivity contribution in [3.8, 4) is 11.8 Å². The molecule has 1 amide bonds. The molecule has 3 rings (SSSR count). The second kappa shape index (κ2) is 9.94. The predicted molar refractivity (Wildman–Crippen MR) is 114 cm³/mol.